The molecule has 0 radical (unpaired) electrons. The first-order chi connectivity index (χ1) is 8.49. The monoisotopic (exact) mass is 253 g/mol. The van der Waals surface area contributed by atoms with E-state index in [0.29, 0.717) is 6.04 Å². The van der Waals surface area contributed by atoms with Crippen LogP contribution in [0.3, 0.4) is 0 Å². The molecule has 106 valence electrons. The summed E-state index contributed by atoms with van der Waals surface area (Å²) in [5.41, 5.74) is -0.356. The summed E-state index contributed by atoms with van der Waals surface area (Å²) in [5, 5.41) is 12.6. The predicted octanol–water partition coefficient (Wildman–Crippen LogP) is 3.17. The van der Waals surface area contributed by atoms with Crippen molar-refractivity contribution in [3.05, 3.63) is 0 Å². The Kier molecular flexibility index (Phi) is 9.05. The van der Waals surface area contributed by atoms with Gasteiger partial charge in [-0.3, -0.25) is 5.32 Å². The lowest BCUT2D eigenvalue weighted by atomic mass is 9.97. The van der Waals surface area contributed by atoms with Crippen molar-refractivity contribution >= 4 is 0 Å². The molecule has 0 aromatic heterocycles. The molecule has 0 aliphatic heterocycles. The Labute approximate surface area is 114 Å². The first-order valence-corrected chi connectivity index (χ1v) is 7.39. The van der Waals surface area contributed by atoms with Gasteiger partial charge in [0.2, 0.25) is 0 Å². The van der Waals surface area contributed by atoms with Crippen molar-refractivity contribution in [3.63, 3.8) is 0 Å². The van der Waals surface area contributed by atoms with Crippen LogP contribution >= 0.6 is 0 Å². The summed E-state index contributed by atoms with van der Waals surface area (Å²) >= 11 is 0. The Hall–Kier alpha value is -0.590. The predicted molar refractivity (Wildman–Crippen MR) is 78.5 cm³/mol. The normalized spacial score (nSPS) is 14.8. The van der Waals surface area contributed by atoms with Gasteiger partial charge in [0.15, 0.2) is 0 Å². The topological polar surface area (TPSA) is 39.1 Å². The van der Waals surface area contributed by atoms with Gasteiger partial charge in [-0.05, 0) is 66.1 Å². The number of nitriles is 1. The van der Waals surface area contributed by atoms with Crippen LogP contribution < -0.4 is 5.32 Å². The van der Waals surface area contributed by atoms with Gasteiger partial charge >= 0.3 is 0 Å². The van der Waals surface area contributed by atoms with E-state index in [4.69, 9.17) is 0 Å². The standard InChI is InChI=1S/C15H31N3/c1-6-10-17-15(5,13-16)9-8-12-18(11-7-2)14(3)4/h14,17H,6-12H2,1-5H3. The molecule has 0 bridgehead atoms. The second-order valence-electron chi connectivity index (χ2n) is 5.60. The second kappa shape index (κ2) is 9.35. The summed E-state index contributed by atoms with van der Waals surface area (Å²) in [6, 6.07) is 3.02. The maximum Gasteiger partial charge on any atom is 0.103 e. The molecule has 3 nitrogen and oxygen atoms in total. The summed E-state index contributed by atoms with van der Waals surface area (Å²) in [7, 11) is 0. The highest BCUT2D eigenvalue weighted by Crippen LogP contribution is 2.13. The molecule has 0 amide bonds. The minimum absolute atomic E-state index is 0.356. The molecule has 0 heterocycles. The molecule has 0 spiro atoms. The van der Waals surface area contributed by atoms with Crippen LogP contribution in [0.25, 0.3) is 0 Å². The molecule has 1 atom stereocenters. The first-order valence-electron chi connectivity index (χ1n) is 7.39. The zero-order valence-corrected chi connectivity index (χ0v) is 12.9. The van der Waals surface area contributed by atoms with E-state index in [1.807, 2.05) is 6.92 Å². The third-order valence-electron chi connectivity index (χ3n) is 3.38. The molecular weight excluding hydrogens is 222 g/mol. The van der Waals surface area contributed by atoms with Crippen LogP contribution in [0.15, 0.2) is 0 Å². The molecular formula is C15H31N3. The van der Waals surface area contributed by atoms with E-state index in [1.54, 1.807) is 0 Å². The Morgan fingerprint density at radius 3 is 2.33 bits per heavy atom. The van der Waals surface area contributed by atoms with Crippen LogP contribution in [0.4, 0.5) is 0 Å². The van der Waals surface area contributed by atoms with E-state index in [2.05, 4.69) is 44.0 Å². The zero-order chi connectivity index (χ0) is 14.0. The highest BCUT2D eigenvalue weighted by molar-refractivity contribution is 5.03. The quantitative estimate of drug-likeness (QED) is 0.650. The number of hydrogen-bond acceptors (Lipinski definition) is 3. The fourth-order valence-electron chi connectivity index (χ4n) is 2.14. The van der Waals surface area contributed by atoms with Gasteiger partial charge in [0.1, 0.15) is 5.54 Å². The summed E-state index contributed by atoms with van der Waals surface area (Å²) in [5.74, 6) is 0. The van der Waals surface area contributed by atoms with Crippen molar-refractivity contribution in [2.24, 2.45) is 0 Å². The molecule has 1 unspecified atom stereocenters. The number of hydrogen-bond donors (Lipinski definition) is 1. The van der Waals surface area contributed by atoms with Crippen molar-refractivity contribution < 1.29 is 0 Å². The lowest BCUT2D eigenvalue weighted by Gasteiger charge is -2.28. The molecule has 0 aliphatic rings. The molecule has 18 heavy (non-hydrogen) atoms. The Morgan fingerprint density at radius 1 is 1.22 bits per heavy atom. The van der Waals surface area contributed by atoms with Crippen molar-refractivity contribution in [2.45, 2.75) is 71.9 Å². The van der Waals surface area contributed by atoms with Gasteiger partial charge in [-0.2, -0.15) is 5.26 Å². The van der Waals surface area contributed by atoms with Crippen molar-refractivity contribution in [3.8, 4) is 6.07 Å². The molecule has 1 N–H and O–H groups in total. The van der Waals surface area contributed by atoms with Crippen LogP contribution in [0.2, 0.25) is 0 Å². The summed E-state index contributed by atoms with van der Waals surface area (Å²) in [4.78, 5) is 2.50. The van der Waals surface area contributed by atoms with E-state index in [1.165, 1.54) is 6.42 Å². The largest absolute Gasteiger partial charge is 0.301 e. The number of rotatable bonds is 10. The van der Waals surface area contributed by atoms with E-state index >= 15 is 0 Å². The summed E-state index contributed by atoms with van der Waals surface area (Å²) in [6.45, 7) is 14.0. The lowest BCUT2D eigenvalue weighted by Crippen LogP contribution is -2.42. The average molecular weight is 253 g/mol. The fraction of sp³-hybridized carbons (Fsp3) is 0.933. The Bertz CT molecular complexity index is 245. The SMILES string of the molecule is CCCNC(C)(C#N)CCCN(CCC)C(C)C. The van der Waals surface area contributed by atoms with Gasteiger partial charge < -0.3 is 4.90 Å². The minimum atomic E-state index is -0.356. The molecule has 0 aromatic carbocycles. The van der Waals surface area contributed by atoms with E-state index in [9.17, 15) is 5.26 Å². The highest BCUT2D eigenvalue weighted by atomic mass is 15.1. The number of nitrogens with one attached hydrogen (secondary N) is 1. The molecule has 0 saturated carbocycles. The summed E-state index contributed by atoms with van der Waals surface area (Å²) in [6.07, 6.45) is 4.28. The second-order valence-corrected chi connectivity index (χ2v) is 5.60. The van der Waals surface area contributed by atoms with Gasteiger partial charge in [0.25, 0.3) is 0 Å². The molecule has 0 rings (SSSR count). The van der Waals surface area contributed by atoms with Gasteiger partial charge in [0, 0.05) is 6.04 Å². The van der Waals surface area contributed by atoms with Gasteiger partial charge in [0.05, 0.1) is 6.07 Å². The lowest BCUT2D eigenvalue weighted by molar-refractivity contribution is 0.211. The maximum atomic E-state index is 9.26. The third kappa shape index (κ3) is 6.98. The van der Waals surface area contributed by atoms with Crippen molar-refractivity contribution in [1.29, 1.82) is 5.26 Å². The first kappa shape index (κ1) is 17.4. The Balaban J connectivity index is 4.09. The van der Waals surface area contributed by atoms with Crippen molar-refractivity contribution in [2.75, 3.05) is 19.6 Å². The van der Waals surface area contributed by atoms with Crippen molar-refractivity contribution in [1.82, 2.24) is 10.2 Å². The van der Waals surface area contributed by atoms with E-state index in [0.717, 1.165) is 38.9 Å². The third-order valence-corrected chi connectivity index (χ3v) is 3.38. The van der Waals surface area contributed by atoms with Crippen LogP contribution in [0, 0.1) is 11.3 Å². The average Bonchev–Trinajstić information content (AvgIpc) is 2.35. The maximum absolute atomic E-state index is 9.26. The zero-order valence-electron chi connectivity index (χ0n) is 12.9. The fourth-order valence-corrected chi connectivity index (χ4v) is 2.14. The van der Waals surface area contributed by atoms with Gasteiger partial charge in [-0.25, -0.2) is 0 Å². The van der Waals surface area contributed by atoms with E-state index in [-0.39, 0.29) is 5.54 Å². The molecule has 0 aliphatic carbocycles. The highest BCUT2D eigenvalue weighted by Gasteiger charge is 2.22. The minimum Gasteiger partial charge on any atom is -0.301 e. The van der Waals surface area contributed by atoms with E-state index < -0.39 is 0 Å². The Morgan fingerprint density at radius 2 is 1.89 bits per heavy atom. The van der Waals surface area contributed by atoms with Crippen LogP contribution in [-0.2, 0) is 0 Å². The van der Waals surface area contributed by atoms with Crippen LogP contribution in [0.1, 0.15) is 60.3 Å². The van der Waals surface area contributed by atoms with Crippen LogP contribution in [0.5, 0.6) is 0 Å². The number of nitrogens with zero attached hydrogens (tertiary/aromatic N) is 2. The molecule has 0 aromatic rings. The van der Waals surface area contributed by atoms with Crippen LogP contribution in [-0.4, -0.2) is 36.1 Å². The van der Waals surface area contributed by atoms with Gasteiger partial charge in [-0.1, -0.05) is 13.8 Å². The summed E-state index contributed by atoms with van der Waals surface area (Å²) < 4.78 is 0. The van der Waals surface area contributed by atoms with Gasteiger partial charge in [-0.15, -0.1) is 0 Å². The smallest absolute Gasteiger partial charge is 0.103 e. The molecule has 0 fully saturated rings. The molecule has 0 saturated heterocycles. The molecule has 3 heteroatoms.